The molecule has 0 saturated heterocycles. The molecule has 0 saturated carbocycles. The Labute approximate surface area is 91.5 Å². The van der Waals surface area contributed by atoms with Crippen molar-refractivity contribution in [1.29, 1.82) is 0 Å². The van der Waals surface area contributed by atoms with Gasteiger partial charge in [-0.1, -0.05) is 37.6 Å². The second-order valence-corrected chi connectivity index (χ2v) is 4.05. The van der Waals surface area contributed by atoms with Gasteiger partial charge in [-0.05, 0) is 18.9 Å². The third-order valence-corrected chi connectivity index (χ3v) is 2.32. The van der Waals surface area contributed by atoms with Crippen molar-refractivity contribution < 1.29 is 4.79 Å². The smallest absolute Gasteiger partial charge is 0.164 e. The molecule has 0 aromatic heterocycles. The first kappa shape index (κ1) is 11.9. The van der Waals surface area contributed by atoms with Gasteiger partial charge in [-0.15, -0.1) is 0 Å². The van der Waals surface area contributed by atoms with Crippen LogP contribution in [-0.2, 0) is 6.42 Å². The normalized spacial score (nSPS) is 12.5. The van der Waals surface area contributed by atoms with Gasteiger partial charge >= 0.3 is 0 Å². The number of nitrogens with two attached hydrogens (primary N) is 1. The highest BCUT2D eigenvalue weighted by Gasteiger charge is 2.07. The fourth-order valence-corrected chi connectivity index (χ4v) is 1.56. The third-order valence-electron chi connectivity index (χ3n) is 2.32. The number of carbonyl (C=O) groups is 1. The van der Waals surface area contributed by atoms with E-state index < -0.39 is 0 Å². The number of hydrogen-bond donors (Lipinski definition) is 1. The summed E-state index contributed by atoms with van der Waals surface area (Å²) < 4.78 is 0. The van der Waals surface area contributed by atoms with Gasteiger partial charge in [0.1, 0.15) is 0 Å². The van der Waals surface area contributed by atoms with Crippen molar-refractivity contribution in [3.63, 3.8) is 0 Å². The largest absolute Gasteiger partial charge is 0.328 e. The summed E-state index contributed by atoms with van der Waals surface area (Å²) in [5, 5.41) is 0. The fourth-order valence-electron chi connectivity index (χ4n) is 1.56. The molecule has 1 aromatic carbocycles. The maximum absolute atomic E-state index is 11.6. The van der Waals surface area contributed by atoms with E-state index in [1.54, 1.807) is 0 Å². The van der Waals surface area contributed by atoms with Crippen LogP contribution >= 0.6 is 0 Å². The molecule has 1 aromatic rings. The van der Waals surface area contributed by atoms with E-state index in [0.717, 1.165) is 18.4 Å². The minimum atomic E-state index is -0.0622. The number of benzene rings is 1. The van der Waals surface area contributed by atoms with Crippen molar-refractivity contribution in [2.45, 2.75) is 39.2 Å². The molecule has 2 heteroatoms. The quantitative estimate of drug-likeness (QED) is 0.751. The molecule has 2 N–H and O–H groups in total. The number of ketones is 1. The summed E-state index contributed by atoms with van der Waals surface area (Å²) in [5.41, 5.74) is 7.64. The van der Waals surface area contributed by atoms with Gasteiger partial charge in [-0.3, -0.25) is 4.79 Å². The third kappa shape index (κ3) is 3.84. The Morgan fingerprint density at radius 1 is 1.33 bits per heavy atom. The van der Waals surface area contributed by atoms with Crippen LogP contribution in [0.25, 0.3) is 0 Å². The molecule has 1 unspecified atom stereocenters. The van der Waals surface area contributed by atoms with Crippen LogP contribution < -0.4 is 5.73 Å². The average Bonchev–Trinajstić information content (AvgIpc) is 2.18. The van der Waals surface area contributed by atoms with Crippen molar-refractivity contribution in [3.05, 3.63) is 35.4 Å². The van der Waals surface area contributed by atoms with Crippen molar-refractivity contribution >= 4 is 5.78 Å². The highest BCUT2D eigenvalue weighted by molar-refractivity contribution is 5.96. The predicted octanol–water partition coefficient (Wildman–Crippen LogP) is 2.56. The molecular formula is C13H19NO. The topological polar surface area (TPSA) is 43.1 Å². The first-order valence-electron chi connectivity index (χ1n) is 5.51. The highest BCUT2D eigenvalue weighted by Crippen LogP contribution is 2.09. The van der Waals surface area contributed by atoms with Crippen LogP contribution in [0.15, 0.2) is 24.3 Å². The average molecular weight is 205 g/mol. The zero-order chi connectivity index (χ0) is 11.3. The summed E-state index contributed by atoms with van der Waals surface area (Å²) in [4.78, 5) is 11.6. The minimum Gasteiger partial charge on any atom is -0.328 e. The number of aryl methyl sites for hydroxylation is 1. The summed E-state index contributed by atoms with van der Waals surface area (Å²) in [7, 11) is 0. The number of rotatable bonds is 5. The molecule has 0 fully saturated rings. The Hall–Kier alpha value is -1.15. The van der Waals surface area contributed by atoms with Crippen molar-refractivity contribution in [1.82, 2.24) is 0 Å². The Morgan fingerprint density at radius 3 is 2.40 bits per heavy atom. The lowest BCUT2D eigenvalue weighted by atomic mass is 10.0. The molecule has 0 amide bonds. The maximum Gasteiger partial charge on any atom is 0.164 e. The highest BCUT2D eigenvalue weighted by atomic mass is 16.1. The van der Waals surface area contributed by atoms with Crippen LogP contribution in [0.2, 0.25) is 0 Å². The van der Waals surface area contributed by atoms with E-state index in [1.165, 1.54) is 5.56 Å². The van der Waals surface area contributed by atoms with Crippen molar-refractivity contribution in [3.8, 4) is 0 Å². The molecule has 0 aliphatic rings. The zero-order valence-electron chi connectivity index (χ0n) is 9.49. The van der Waals surface area contributed by atoms with Gasteiger partial charge in [-0.25, -0.2) is 0 Å². The standard InChI is InChI=1S/C13H19NO/c1-3-4-11-5-7-12(8-6-11)13(15)9-10(2)14/h5-8,10H,3-4,9,14H2,1-2H3. The van der Waals surface area contributed by atoms with Crippen molar-refractivity contribution in [2.75, 3.05) is 0 Å². The van der Waals surface area contributed by atoms with E-state index >= 15 is 0 Å². The van der Waals surface area contributed by atoms with Gasteiger partial charge in [-0.2, -0.15) is 0 Å². The number of hydrogen-bond acceptors (Lipinski definition) is 2. The molecule has 15 heavy (non-hydrogen) atoms. The summed E-state index contributed by atoms with van der Waals surface area (Å²) in [6, 6.07) is 7.79. The second kappa shape index (κ2) is 5.66. The first-order chi connectivity index (χ1) is 7.13. The maximum atomic E-state index is 11.6. The summed E-state index contributed by atoms with van der Waals surface area (Å²) in [6.45, 7) is 4.00. The van der Waals surface area contributed by atoms with E-state index in [0.29, 0.717) is 6.42 Å². The Kier molecular flexibility index (Phi) is 4.50. The fraction of sp³-hybridized carbons (Fsp3) is 0.462. The summed E-state index contributed by atoms with van der Waals surface area (Å²) >= 11 is 0. The Balaban J connectivity index is 2.67. The lowest BCUT2D eigenvalue weighted by Gasteiger charge is -2.05. The van der Waals surface area contributed by atoms with Crippen LogP contribution in [0, 0.1) is 0 Å². The van der Waals surface area contributed by atoms with Crippen LogP contribution in [0.1, 0.15) is 42.6 Å². The minimum absolute atomic E-state index is 0.0622. The monoisotopic (exact) mass is 205 g/mol. The van der Waals surface area contributed by atoms with E-state index in [4.69, 9.17) is 5.73 Å². The van der Waals surface area contributed by atoms with Crippen LogP contribution in [0.5, 0.6) is 0 Å². The van der Waals surface area contributed by atoms with Gasteiger partial charge in [0.05, 0.1) is 0 Å². The molecule has 82 valence electrons. The zero-order valence-corrected chi connectivity index (χ0v) is 9.49. The van der Waals surface area contributed by atoms with Crippen LogP contribution in [-0.4, -0.2) is 11.8 Å². The lowest BCUT2D eigenvalue weighted by molar-refractivity contribution is 0.0976. The molecule has 1 atom stereocenters. The van der Waals surface area contributed by atoms with Crippen LogP contribution in [0.3, 0.4) is 0 Å². The molecule has 0 spiro atoms. The molecule has 0 heterocycles. The summed E-state index contributed by atoms with van der Waals surface area (Å²) in [6.07, 6.45) is 2.63. The lowest BCUT2D eigenvalue weighted by Crippen LogP contribution is -2.19. The van der Waals surface area contributed by atoms with E-state index in [-0.39, 0.29) is 11.8 Å². The predicted molar refractivity (Wildman–Crippen MR) is 63.0 cm³/mol. The Bertz CT molecular complexity index is 314. The Morgan fingerprint density at radius 2 is 1.93 bits per heavy atom. The molecule has 0 bridgehead atoms. The summed E-state index contributed by atoms with van der Waals surface area (Å²) in [5.74, 6) is 0.132. The van der Waals surface area contributed by atoms with Gasteiger partial charge in [0, 0.05) is 18.0 Å². The number of Topliss-reactive ketones (excluding diaryl/α,β-unsaturated/α-hetero) is 1. The van der Waals surface area contributed by atoms with Gasteiger partial charge in [0.15, 0.2) is 5.78 Å². The molecule has 0 radical (unpaired) electrons. The van der Waals surface area contributed by atoms with Gasteiger partial charge < -0.3 is 5.73 Å². The van der Waals surface area contributed by atoms with Gasteiger partial charge in [0.25, 0.3) is 0 Å². The number of carbonyl (C=O) groups excluding carboxylic acids is 1. The van der Waals surface area contributed by atoms with Crippen LogP contribution in [0.4, 0.5) is 0 Å². The molecule has 1 rings (SSSR count). The second-order valence-electron chi connectivity index (χ2n) is 4.05. The SMILES string of the molecule is CCCc1ccc(C(=O)CC(C)N)cc1. The van der Waals surface area contributed by atoms with E-state index in [2.05, 4.69) is 6.92 Å². The first-order valence-corrected chi connectivity index (χ1v) is 5.51. The molecule has 0 aliphatic heterocycles. The van der Waals surface area contributed by atoms with Crippen molar-refractivity contribution in [2.24, 2.45) is 5.73 Å². The molecular weight excluding hydrogens is 186 g/mol. The molecule has 2 nitrogen and oxygen atoms in total. The molecule has 0 aliphatic carbocycles. The van der Waals surface area contributed by atoms with E-state index in [9.17, 15) is 4.79 Å². The van der Waals surface area contributed by atoms with Gasteiger partial charge in [0.2, 0.25) is 0 Å². The van der Waals surface area contributed by atoms with E-state index in [1.807, 2.05) is 31.2 Å².